The Kier molecular flexibility index (Phi) is 3.96. The van der Waals surface area contributed by atoms with Crippen LogP contribution in [-0.4, -0.2) is 32.9 Å². The molecule has 0 spiro atoms. The third-order valence-electron chi connectivity index (χ3n) is 5.10. The molecule has 1 N–H and O–H groups in total. The molecule has 126 valence electrons. The summed E-state index contributed by atoms with van der Waals surface area (Å²) in [6, 6.07) is 5.76. The summed E-state index contributed by atoms with van der Waals surface area (Å²) < 4.78 is 1.56. The molecule has 1 aliphatic heterocycles. The lowest BCUT2D eigenvalue weighted by Gasteiger charge is -2.31. The second-order valence-electron chi connectivity index (χ2n) is 6.73. The largest absolute Gasteiger partial charge is 0.335 e. The van der Waals surface area contributed by atoms with Crippen molar-refractivity contribution in [1.29, 1.82) is 0 Å². The van der Waals surface area contributed by atoms with Crippen molar-refractivity contribution in [3.05, 3.63) is 46.0 Å². The van der Waals surface area contributed by atoms with Gasteiger partial charge in [0.25, 0.3) is 5.56 Å². The fourth-order valence-electron chi connectivity index (χ4n) is 3.73. The Labute approximate surface area is 140 Å². The number of nitrogens with zero attached hydrogens (tertiary/aromatic N) is 3. The molecule has 1 fully saturated rings. The summed E-state index contributed by atoms with van der Waals surface area (Å²) in [6.45, 7) is 0.957. The summed E-state index contributed by atoms with van der Waals surface area (Å²) in [5.74, 6) is 0. The van der Waals surface area contributed by atoms with E-state index in [1.54, 1.807) is 15.5 Å². The van der Waals surface area contributed by atoms with Crippen LogP contribution in [0, 0.1) is 0 Å². The molecule has 0 saturated heterocycles. The zero-order valence-electron chi connectivity index (χ0n) is 13.7. The molecule has 3 heterocycles. The van der Waals surface area contributed by atoms with Gasteiger partial charge in [0.15, 0.2) is 0 Å². The standard InChI is InChI=1S/C18H22N4O2/c23-17-14-12-21(18(24)19-13-6-2-1-3-7-13)11-9-15(14)20-16-8-4-5-10-22(16)17/h4-5,8,10,13H,1-3,6-7,9,11-12H2,(H,19,24). The van der Waals surface area contributed by atoms with Crippen molar-refractivity contribution in [2.45, 2.75) is 51.1 Å². The van der Waals surface area contributed by atoms with Crippen molar-refractivity contribution in [2.75, 3.05) is 6.54 Å². The van der Waals surface area contributed by atoms with E-state index in [0.717, 1.165) is 18.5 Å². The number of fused-ring (bicyclic) bond motifs is 2. The SMILES string of the molecule is O=C(NC1CCCCC1)N1CCc2nc3ccccn3c(=O)c2C1. The molecule has 2 amide bonds. The minimum Gasteiger partial charge on any atom is -0.335 e. The molecule has 2 aliphatic rings. The highest BCUT2D eigenvalue weighted by molar-refractivity contribution is 5.75. The first kappa shape index (κ1) is 15.2. The normalized spacial score (nSPS) is 18.4. The van der Waals surface area contributed by atoms with Gasteiger partial charge in [0.2, 0.25) is 0 Å². The zero-order chi connectivity index (χ0) is 16.5. The summed E-state index contributed by atoms with van der Waals surface area (Å²) in [6.07, 6.45) is 8.12. The molecule has 1 aliphatic carbocycles. The summed E-state index contributed by atoms with van der Waals surface area (Å²) >= 11 is 0. The molecule has 0 radical (unpaired) electrons. The van der Waals surface area contributed by atoms with Gasteiger partial charge in [-0.3, -0.25) is 9.20 Å². The van der Waals surface area contributed by atoms with Gasteiger partial charge < -0.3 is 10.2 Å². The summed E-state index contributed by atoms with van der Waals surface area (Å²) in [5.41, 5.74) is 2.07. The van der Waals surface area contributed by atoms with Gasteiger partial charge in [-0.15, -0.1) is 0 Å². The fraction of sp³-hybridized carbons (Fsp3) is 0.500. The quantitative estimate of drug-likeness (QED) is 0.872. The number of nitrogens with one attached hydrogen (secondary N) is 1. The highest BCUT2D eigenvalue weighted by atomic mass is 16.2. The number of carbonyl (C=O) groups excluding carboxylic acids is 1. The predicted octanol–water partition coefficient (Wildman–Crippen LogP) is 2.09. The maximum Gasteiger partial charge on any atom is 0.317 e. The van der Waals surface area contributed by atoms with E-state index in [4.69, 9.17) is 0 Å². The van der Waals surface area contributed by atoms with Crippen LogP contribution in [0.25, 0.3) is 5.65 Å². The third kappa shape index (κ3) is 2.77. The van der Waals surface area contributed by atoms with E-state index < -0.39 is 0 Å². The number of aromatic nitrogens is 2. The number of urea groups is 1. The molecule has 2 aromatic rings. The van der Waals surface area contributed by atoms with Crippen LogP contribution >= 0.6 is 0 Å². The fourth-order valence-corrected chi connectivity index (χ4v) is 3.73. The molecule has 4 rings (SSSR count). The number of rotatable bonds is 1. The molecule has 1 saturated carbocycles. The van der Waals surface area contributed by atoms with E-state index in [2.05, 4.69) is 10.3 Å². The van der Waals surface area contributed by atoms with E-state index in [0.29, 0.717) is 30.7 Å². The second-order valence-corrected chi connectivity index (χ2v) is 6.73. The van der Waals surface area contributed by atoms with Gasteiger partial charge in [-0.2, -0.15) is 0 Å². The van der Waals surface area contributed by atoms with E-state index in [9.17, 15) is 9.59 Å². The number of hydrogen-bond acceptors (Lipinski definition) is 3. The van der Waals surface area contributed by atoms with Crippen LogP contribution in [0.15, 0.2) is 29.2 Å². The maximum absolute atomic E-state index is 12.7. The van der Waals surface area contributed by atoms with Gasteiger partial charge in [0.05, 0.1) is 17.8 Å². The maximum atomic E-state index is 12.7. The first-order chi connectivity index (χ1) is 11.7. The smallest absolute Gasteiger partial charge is 0.317 e. The van der Waals surface area contributed by atoms with Crippen molar-refractivity contribution in [3.63, 3.8) is 0 Å². The lowest BCUT2D eigenvalue weighted by atomic mass is 9.96. The topological polar surface area (TPSA) is 66.7 Å². The molecule has 0 unspecified atom stereocenters. The van der Waals surface area contributed by atoms with Crippen LogP contribution < -0.4 is 10.9 Å². The molecular formula is C18H22N4O2. The van der Waals surface area contributed by atoms with Gasteiger partial charge in [-0.05, 0) is 25.0 Å². The molecule has 0 aromatic carbocycles. The van der Waals surface area contributed by atoms with Crippen molar-refractivity contribution >= 4 is 11.7 Å². The Bertz CT molecular complexity index is 823. The first-order valence-corrected chi connectivity index (χ1v) is 8.77. The average molecular weight is 326 g/mol. The third-order valence-corrected chi connectivity index (χ3v) is 5.10. The Morgan fingerprint density at radius 1 is 1.21 bits per heavy atom. The van der Waals surface area contributed by atoms with E-state index in [1.807, 2.05) is 18.2 Å². The van der Waals surface area contributed by atoms with Crippen molar-refractivity contribution in [2.24, 2.45) is 0 Å². The predicted molar refractivity (Wildman–Crippen MR) is 91.0 cm³/mol. The lowest BCUT2D eigenvalue weighted by Crippen LogP contribution is -2.48. The number of carbonyl (C=O) groups is 1. The highest BCUT2D eigenvalue weighted by Gasteiger charge is 2.26. The minimum absolute atomic E-state index is 0.0508. The lowest BCUT2D eigenvalue weighted by molar-refractivity contribution is 0.184. The van der Waals surface area contributed by atoms with Crippen molar-refractivity contribution in [3.8, 4) is 0 Å². The number of amides is 2. The molecule has 0 bridgehead atoms. The molecule has 0 atom stereocenters. The summed E-state index contributed by atoms with van der Waals surface area (Å²) in [4.78, 5) is 31.6. The summed E-state index contributed by atoms with van der Waals surface area (Å²) in [7, 11) is 0. The van der Waals surface area contributed by atoms with Crippen molar-refractivity contribution in [1.82, 2.24) is 19.6 Å². The molecular weight excluding hydrogens is 304 g/mol. The van der Waals surface area contributed by atoms with Gasteiger partial charge in [-0.1, -0.05) is 25.3 Å². The van der Waals surface area contributed by atoms with Gasteiger partial charge in [0.1, 0.15) is 5.65 Å². The highest BCUT2D eigenvalue weighted by Crippen LogP contribution is 2.19. The Morgan fingerprint density at radius 2 is 2.04 bits per heavy atom. The van der Waals surface area contributed by atoms with Gasteiger partial charge >= 0.3 is 6.03 Å². The van der Waals surface area contributed by atoms with Gasteiger partial charge in [-0.25, -0.2) is 9.78 Å². The average Bonchev–Trinajstić information content (AvgIpc) is 2.62. The number of pyridine rings is 1. The Balaban J connectivity index is 1.55. The van der Waals surface area contributed by atoms with Crippen LogP contribution in [0.3, 0.4) is 0 Å². The van der Waals surface area contributed by atoms with Crippen LogP contribution in [0.2, 0.25) is 0 Å². The van der Waals surface area contributed by atoms with Gasteiger partial charge in [0, 0.05) is 25.2 Å². The van der Waals surface area contributed by atoms with Crippen LogP contribution in [0.1, 0.15) is 43.4 Å². The monoisotopic (exact) mass is 326 g/mol. The first-order valence-electron chi connectivity index (χ1n) is 8.77. The van der Waals surface area contributed by atoms with Crippen LogP contribution in [-0.2, 0) is 13.0 Å². The number of hydrogen-bond donors (Lipinski definition) is 1. The van der Waals surface area contributed by atoms with E-state index >= 15 is 0 Å². The zero-order valence-corrected chi connectivity index (χ0v) is 13.7. The summed E-state index contributed by atoms with van der Waals surface area (Å²) in [5, 5.41) is 3.13. The molecule has 6 heteroatoms. The molecule has 2 aromatic heterocycles. The Morgan fingerprint density at radius 3 is 2.88 bits per heavy atom. The van der Waals surface area contributed by atoms with Crippen LogP contribution in [0.4, 0.5) is 4.79 Å². The second kappa shape index (κ2) is 6.26. The minimum atomic E-state index is -0.0641. The van der Waals surface area contributed by atoms with Crippen LogP contribution in [0.5, 0.6) is 0 Å². The molecule has 24 heavy (non-hydrogen) atoms. The molecule has 6 nitrogen and oxygen atoms in total. The van der Waals surface area contributed by atoms with E-state index in [-0.39, 0.29) is 17.6 Å². The van der Waals surface area contributed by atoms with E-state index in [1.165, 1.54) is 19.3 Å². The Hall–Kier alpha value is -2.37. The van der Waals surface area contributed by atoms with Crippen molar-refractivity contribution < 1.29 is 4.79 Å².